The topological polar surface area (TPSA) is 69.8 Å². The molecule has 0 aliphatic rings. The zero-order valence-electron chi connectivity index (χ0n) is 15.0. The van der Waals surface area contributed by atoms with Gasteiger partial charge in [0.1, 0.15) is 0 Å². The lowest BCUT2D eigenvalue weighted by Crippen LogP contribution is -2.25. The number of hydrogen-bond donors (Lipinski definition) is 2. The Balaban J connectivity index is 1.91. The average molecular weight is 344 g/mol. The number of nitrogens with zero attached hydrogens (tertiary/aromatic N) is 2. The molecule has 1 aromatic heterocycles. The second-order valence-corrected chi connectivity index (χ2v) is 6.33. The predicted octanol–water partition coefficient (Wildman–Crippen LogP) is 4.26. The van der Waals surface area contributed by atoms with E-state index in [4.69, 9.17) is 5.26 Å². The van der Waals surface area contributed by atoms with Crippen molar-refractivity contribution in [3.63, 3.8) is 0 Å². The van der Waals surface area contributed by atoms with Crippen LogP contribution < -0.4 is 16.3 Å². The molecule has 0 saturated carbocycles. The van der Waals surface area contributed by atoms with E-state index in [-0.39, 0.29) is 5.56 Å². The lowest BCUT2D eigenvalue weighted by molar-refractivity contribution is 0.901. The summed E-state index contributed by atoms with van der Waals surface area (Å²) < 4.78 is 1.40. The molecular formula is C21H20N4O. The van der Waals surface area contributed by atoms with E-state index in [0.29, 0.717) is 11.3 Å². The summed E-state index contributed by atoms with van der Waals surface area (Å²) in [6, 6.07) is 16.6. The number of nitrogens with one attached hydrogen (secondary N) is 2. The molecule has 5 heteroatoms. The van der Waals surface area contributed by atoms with Crippen molar-refractivity contribution in [2.75, 3.05) is 10.7 Å². The molecule has 0 unspecified atom stereocenters. The third-order valence-electron chi connectivity index (χ3n) is 4.10. The molecule has 0 atom stereocenters. The molecule has 1 heterocycles. The number of hydrogen-bond acceptors (Lipinski definition) is 4. The molecule has 0 aliphatic carbocycles. The first-order valence-corrected chi connectivity index (χ1v) is 8.31. The second kappa shape index (κ2) is 7.16. The molecule has 3 rings (SSSR count). The molecule has 0 fully saturated rings. The molecule has 26 heavy (non-hydrogen) atoms. The summed E-state index contributed by atoms with van der Waals surface area (Å²) in [4.78, 5) is 12.2. The summed E-state index contributed by atoms with van der Waals surface area (Å²) in [6.45, 7) is 6.19. The van der Waals surface area contributed by atoms with Gasteiger partial charge in [0.25, 0.3) is 5.56 Å². The van der Waals surface area contributed by atoms with Crippen molar-refractivity contribution in [3.8, 4) is 6.07 Å². The van der Waals surface area contributed by atoms with Crippen LogP contribution in [0.2, 0.25) is 0 Å². The Kier molecular flexibility index (Phi) is 4.76. The lowest BCUT2D eigenvalue weighted by atomic mass is 10.1. The van der Waals surface area contributed by atoms with Crippen molar-refractivity contribution in [3.05, 3.63) is 87.3 Å². The highest BCUT2D eigenvalue weighted by Crippen LogP contribution is 2.25. The Bertz CT molecular complexity index is 1040. The van der Waals surface area contributed by atoms with Crippen LogP contribution in [-0.4, -0.2) is 4.68 Å². The van der Waals surface area contributed by atoms with E-state index in [2.05, 4.69) is 49.7 Å². The molecule has 0 bridgehead atoms. The quantitative estimate of drug-likeness (QED) is 0.742. The highest BCUT2D eigenvalue weighted by Gasteiger charge is 2.06. The Morgan fingerprint density at radius 1 is 0.962 bits per heavy atom. The standard InChI is InChI=1S/C21H20N4O/c1-14-9-15(2)21(16(3)10-14)23-19-7-8-20(26)25(13-19)24-18-6-4-5-17(11-18)12-22/h4-11,13,23-24H,1-3H3. The van der Waals surface area contributed by atoms with Crippen LogP contribution >= 0.6 is 0 Å². The first kappa shape index (κ1) is 17.3. The minimum absolute atomic E-state index is 0.185. The first-order chi connectivity index (χ1) is 12.5. The lowest BCUT2D eigenvalue weighted by Gasteiger charge is -2.16. The van der Waals surface area contributed by atoms with Crippen LogP contribution in [0.4, 0.5) is 17.1 Å². The first-order valence-electron chi connectivity index (χ1n) is 8.31. The summed E-state index contributed by atoms with van der Waals surface area (Å²) in [5, 5.41) is 12.4. The zero-order chi connectivity index (χ0) is 18.7. The molecule has 2 aromatic carbocycles. The molecule has 0 saturated heterocycles. The molecular weight excluding hydrogens is 324 g/mol. The number of anilines is 3. The maximum absolute atomic E-state index is 12.2. The van der Waals surface area contributed by atoms with Gasteiger partial charge < -0.3 is 5.32 Å². The van der Waals surface area contributed by atoms with Crippen LogP contribution in [0, 0.1) is 32.1 Å². The molecule has 0 amide bonds. The maximum Gasteiger partial charge on any atom is 0.269 e. The van der Waals surface area contributed by atoms with E-state index < -0.39 is 0 Å². The van der Waals surface area contributed by atoms with Crippen LogP contribution in [0.15, 0.2) is 59.5 Å². The van der Waals surface area contributed by atoms with Gasteiger partial charge in [-0.1, -0.05) is 23.8 Å². The Morgan fingerprint density at radius 2 is 1.69 bits per heavy atom. The highest BCUT2D eigenvalue weighted by atomic mass is 16.1. The molecule has 2 N–H and O–H groups in total. The van der Waals surface area contributed by atoms with Crippen molar-refractivity contribution >= 4 is 17.1 Å². The largest absolute Gasteiger partial charge is 0.354 e. The van der Waals surface area contributed by atoms with Crippen LogP contribution in [0.5, 0.6) is 0 Å². The van der Waals surface area contributed by atoms with Gasteiger partial charge in [0, 0.05) is 11.8 Å². The minimum Gasteiger partial charge on any atom is -0.354 e. The van der Waals surface area contributed by atoms with Crippen molar-refractivity contribution in [2.45, 2.75) is 20.8 Å². The van der Waals surface area contributed by atoms with E-state index in [1.54, 1.807) is 30.5 Å². The average Bonchev–Trinajstić information content (AvgIpc) is 2.61. The van der Waals surface area contributed by atoms with E-state index >= 15 is 0 Å². The molecule has 0 aliphatic heterocycles. The van der Waals surface area contributed by atoms with Crippen LogP contribution in [0.25, 0.3) is 0 Å². The van der Waals surface area contributed by atoms with E-state index in [1.165, 1.54) is 16.3 Å². The van der Waals surface area contributed by atoms with Gasteiger partial charge in [0.15, 0.2) is 0 Å². The number of benzene rings is 2. The van der Waals surface area contributed by atoms with Gasteiger partial charge in [0.2, 0.25) is 0 Å². The summed E-state index contributed by atoms with van der Waals surface area (Å²) in [5.74, 6) is 0. The second-order valence-electron chi connectivity index (χ2n) is 6.33. The van der Waals surface area contributed by atoms with Crippen molar-refractivity contribution < 1.29 is 0 Å². The van der Waals surface area contributed by atoms with Crippen LogP contribution in [0.3, 0.4) is 0 Å². The van der Waals surface area contributed by atoms with Crippen molar-refractivity contribution in [1.29, 1.82) is 5.26 Å². The number of aromatic nitrogens is 1. The monoisotopic (exact) mass is 344 g/mol. The number of pyridine rings is 1. The van der Waals surface area contributed by atoms with Gasteiger partial charge in [-0.3, -0.25) is 10.2 Å². The van der Waals surface area contributed by atoms with E-state index in [1.807, 2.05) is 6.07 Å². The number of rotatable bonds is 4. The van der Waals surface area contributed by atoms with Gasteiger partial charge >= 0.3 is 0 Å². The van der Waals surface area contributed by atoms with E-state index in [0.717, 1.165) is 22.5 Å². The third kappa shape index (κ3) is 3.76. The molecule has 0 spiro atoms. The number of aryl methyl sites for hydroxylation is 3. The van der Waals surface area contributed by atoms with Crippen molar-refractivity contribution in [1.82, 2.24) is 4.68 Å². The van der Waals surface area contributed by atoms with Crippen molar-refractivity contribution in [2.24, 2.45) is 0 Å². The van der Waals surface area contributed by atoms with Crippen LogP contribution in [-0.2, 0) is 0 Å². The Hall–Kier alpha value is -3.52. The van der Waals surface area contributed by atoms with Crippen LogP contribution in [0.1, 0.15) is 22.3 Å². The normalized spacial score (nSPS) is 10.2. The fourth-order valence-electron chi connectivity index (χ4n) is 2.97. The maximum atomic E-state index is 12.2. The molecule has 3 aromatic rings. The molecule has 130 valence electrons. The van der Waals surface area contributed by atoms with E-state index in [9.17, 15) is 4.79 Å². The summed E-state index contributed by atoms with van der Waals surface area (Å²) in [7, 11) is 0. The predicted molar refractivity (Wildman–Crippen MR) is 105 cm³/mol. The SMILES string of the molecule is Cc1cc(C)c(Nc2ccc(=O)n(Nc3cccc(C#N)c3)c2)c(C)c1. The smallest absolute Gasteiger partial charge is 0.269 e. The Labute approximate surface area is 152 Å². The number of nitriles is 1. The molecule has 5 nitrogen and oxygen atoms in total. The Morgan fingerprint density at radius 3 is 2.38 bits per heavy atom. The summed E-state index contributed by atoms with van der Waals surface area (Å²) in [5.41, 5.74) is 9.39. The highest BCUT2D eigenvalue weighted by molar-refractivity contribution is 5.66. The fraction of sp³-hybridized carbons (Fsp3) is 0.143. The summed E-state index contributed by atoms with van der Waals surface area (Å²) >= 11 is 0. The third-order valence-corrected chi connectivity index (χ3v) is 4.10. The van der Waals surface area contributed by atoms with Gasteiger partial charge in [0.05, 0.1) is 29.2 Å². The fourth-order valence-corrected chi connectivity index (χ4v) is 2.97. The van der Waals surface area contributed by atoms with Gasteiger partial charge in [-0.15, -0.1) is 0 Å². The molecule has 0 radical (unpaired) electrons. The van der Waals surface area contributed by atoms with Gasteiger partial charge in [-0.2, -0.15) is 5.26 Å². The zero-order valence-corrected chi connectivity index (χ0v) is 15.0. The summed E-state index contributed by atoms with van der Waals surface area (Å²) in [6.07, 6.45) is 1.71. The van der Waals surface area contributed by atoms with Gasteiger partial charge in [-0.05, 0) is 56.2 Å². The van der Waals surface area contributed by atoms with Gasteiger partial charge in [-0.25, -0.2) is 4.68 Å². The minimum atomic E-state index is -0.185.